The minimum absolute atomic E-state index is 0.0875. The summed E-state index contributed by atoms with van der Waals surface area (Å²) in [5.74, 6) is -11.9. The number of rotatable bonds is 40. The van der Waals surface area contributed by atoms with Gasteiger partial charge in [-0.3, -0.25) is 95.9 Å². The van der Waals surface area contributed by atoms with Gasteiger partial charge in [0.1, 0.15) is 48.8 Å². The first kappa shape index (κ1) is 88.4. The topological polar surface area (TPSA) is 536 Å². The molecular weight excluding hydrogens is 1480 g/mol. The molecule has 0 saturated carbocycles. The van der Waals surface area contributed by atoms with Gasteiger partial charge in [0.05, 0.1) is 50.1 Å². The summed E-state index contributed by atoms with van der Waals surface area (Å²) in [6.07, 6.45) is 6.21. The Labute approximate surface area is 650 Å². The van der Waals surface area contributed by atoms with Crippen molar-refractivity contribution in [1.82, 2.24) is 91.1 Å². The van der Waals surface area contributed by atoms with Gasteiger partial charge in [0.2, 0.25) is 65.0 Å². The molecule has 5 aromatic rings. The van der Waals surface area contributed by atoms with Crippen molar-refractivity contribution in [1.29, 1.82) is 0 Å². The lowest BCUT2D eigenvalue weighted by molar-refractivity contribution is -0.141. The highest BCUT2D eigenvalue weighted by Gasteiger charge is 2.36. The number of hydrogen-bond acceptors (Lipinski definition) is 21. The molecule has 38 nitrogen and oxygen atoms in total. The van der Waals surface area contributed by atoms with Crippen LogP contribution in [0.1, 0.15) is 90.4 Å². The number of fused-ring (bicyclic) bond motifs is 2. The van der Waals surface area contributed by atoms with Crippen LogP contribution >= 0.6 is 11.8 Å². The Hall–Kier alpha value is -10.8. The minimum Gasteiger partial charge on any atom is -0.480 e. The lowest BCUT2D eigenvalue weighted by Gasteiger charge is -2.35. The maximum atomic E-state index is 14.7. The van der Waals surface area contributed by atoms with Crippen molar-refractivity contribution >= 4 is 117 Å². The lowest BCUT2D eigenvalue weighted by Crippen LogP contribution is -2.59. The number of aliphatic carboxylic acids is 3. The number of nitrogens with zero attached hydrogens (tertiary/aromatic N) is 8. The average molecular weight is 1580 g/mol. The number of H-pyrrole nitrogens is 2. The van der Waals surface area contributed by atoms with Crippen molar-refractivity contribution in [3.63, 3.8) is 0 Å². The number of carbonyl (C=O) groups excluding carboxylic acids is 11. The molecule has 0 unspecified atom stereocenters. The number of thioether (sulfide) groups is 1. The van der Waals surface area contributed by atoms with Gasteiger partial charge in [0, 0.05) is 120 Å². The number of imidazole rings is 2. The molecule has 0 aliphatic carbocycles. The number of nitrogens with two attached hydrogens (primary N) is 2. The number of carbonyl (C=O) groups is 14. The summed E-state index contributed by atoms with van der Waals surface area (Å²) >= 11 is 1.45. The van der Waals surface area contributed by atoms with Crippen LogP contribution in [0.15, 0.2) is 72.0 Å². The maximum absolute atomic E-state index is 14.7. The molecule has 2 saturated heterocycles. The first-order chi connectivity index (χ1) is 53.3. The van der Waals surface area contributed by atoms with E-state index in [0.29, 0.717) is 51.8 Å². The van der Waals surface area contributed by atoms with E-state index in [4.69, 9.17) is 11.5 Å². The molecule has 612 valence electrons. The monoisotopic (exact) mass is 1580 g/mol. The van der Waals surface area contributed by atoms with E-state index in [1.54, 1.807) is 92.7 Å². The number of hydrogen-bond donors (Lipinski definition) is 15. The van der Waals surface area contributed by atoms with E-state index in [1.807, 2.05) is 25.0 Å². The summed E-state index contributed by atoms with van der Waals surface area (Å²) in [7, 11) is 0. The van der Waals surface area contributed by atoms with Crippen LogP contribution in [-0.2, 0) is 86.5 Å². The molecule has 2 fully saturated rings. The second-order valence-electron chi connectivity index (χ2n) is 28.9. The lowest BCUT2D eigenvalue weighted by atomic mass is 10.0. The zero-order chi connectivity index (χ0) is 81.9. The molecule has 11 amide bonds. The van der Waals surface area contributed by atoms with Crippen molar-refractivity contribution in [2.45, 2.75) is 141 Å². The summed E-state index contributed by atoms with van der Waals surface area (Å²) < 4.78 is 2.79. The fraction of sp³-hybridized carbons (Fsp3) is 0.562. The van der Waals surface area contributed by atoms with E-state index in [1.165, 1.54) is 35.8 Å². The Morgan fingerprint density at radius 3 is 1.64 bits per heavy atom. The van der Waals surface area contributed by atoms with Crippen molar-refractivity contribution < 1.29 is 82.4 Å². The number of aromatic amines is 2. The Morgan fingerprint density at radius 2 is 1.09 bits per heavy atom. The van der Waals surface area contributed by atoms with Crippen molar-refractivity contribution in [2.75, 3.05) is 110 Å². The van der Waals surface area contributed by atoms with Gasteiger partial charge in [-0.1, -0.05) is 58.0 Å². The van der Waals surface area contributed by atoms with Crippen LogP contribution in [0.2, 0.25) is 0 Å². The predicted octanol–water partition coefficient (Wildman–Crippen LogP) is -3.13. The second-order valence-corrected chi connectivity index (χ2v) is 29.9. The Bertz CT molecular complexity index is 4140. The first-order valence-electron chi connectivity index (χ1n) is 37.3. The van der Waals surface area contributed by atoms with Crippen LogP contribution in [0.25, 0.3) is 21.9 Å². The van der Waals surface area contributed by atoms with Crippen molar-refractivity contribution in [3.8, 4) is 0 Å². The third kappa shape index (κ3) is 27.3. The molecule has 0 bridgehead atoms. The van der Waals surface area contributed by atoms with E-state index in [-0.39, 0.29) is 136 Å². The highest BCUT2D eigenvalue weighted by atomic mass is 32.2. The zero-order valence-corrected chi connectivity index (χ0v) is 64.7. The Balaban J connectivity index is 1.00. The predicted molar refractivity (Wildman–Crippen MR) is 411 cm³/mol. The molecule has 5 heterocycles. The first-order valence-corrected chi connectivity index (χ1v) is 38.7. The molecule has 17 N–H and O–H groups in total. The van der Waals surface area contributed by atoms with Gasteiger partial charge >= 0.3 is 23.6 Å². The van der Waals surface area contributed by atoms with Gasteiger partial charge in [0.25, 0.3) is 0 Å². The molecule has 2 aliphatic rings. The summed E-state index contributed by atoms with van der Waals surface area (Å²) in [4.78, 5) is 220. The van der Waals surface area contributed by atoms with Gasteiger partial charge in [-0.25, -0.2) is 9.78 Å². The summed E-state index contributed by atoms with van der Waals surface area (Å²) in [6, 6.07) is 4.20. The Kier molecular flexibility index (Phi) is 34.1. The minimum atomic E-state index is -1.54. The SMILES string of the molecule is CSCC[C@H](NC(=O)[C@H](CC(C)C)NC(=O)[C@H](Cc1cnc[nH]1)NC(=O)CNC(=O)[C@@H](NC(=O)[C@H](C)NC(=O)[C@H](Cc1c[nH]c2ccccc12)NC(=O)[C@H](CCC(N)=O)NC(=O)Cn1c(=O)n(C2CCN(C(=O)CN3CCN(CC(=O)O)CCN(CC(=O)O)CCN(CC(=O)O)CC3)CC2)c2ccccc21)C(C)C)C(N)=O. The molecule has 2 aromatic carbocycles. The van der Waals surface area contributed by atoms with Gasteiger partial charge in [-0.15, -0.1) is 0 Å². The molecule has 0 radical (unpaired) electrons. The maximum Gasteiger partial charge on any atom is 0.329 e. The molecule has 39 heteroatoms. The number of para-hydroxylation sites is 3. The standard InChI is InChI=1S/C73H106N20O18S/c1-43(2)31-53(70(108)83-51(66(75)104)19-30-112-6)84-71(109)55(33-47-35-76-42-79-47)82-59(95)36-78-72(110)65(44(3)4)86-67(105)45(5)80-69(107)54(32-46-34-77-50-12-8-7-11-49(46)50)85-68(106)52(15-16-58(74)94)81-60(96)37-92-56-13-9-10-14-57(56)93(73(92)111)48-17-20-91(21-18-48)61(97)38-87-22-24-88(39-62(98)99)26-28-90(41-64(102)103)29-27-89(25-23-87)40-63(100)101/h7-14,34-35,42-45,48,51-55,65,77H,15-33,36-41H2,1-6H3,(H2,74,94)(H2,75,104)(H,76,79)(H,78,110)(H,80,107)(H,81,96)(H,82,95)(H,83,108)(H,84,109)(H,85,106)(H,86,105)(H,98,99)(H,100,101)(H,102,103)/t45-,51-,52-,53-,54-,55-,65-/m0/s1. The van der Waals surface area contributed by atoms with Gasteiger partial charge in [-0.2, -0.15) is 11.8 Å². The van der Waals surface area contributed by atoms with Crippen LogP contribution in [0.4, 0.5) is 0 Å². The summed E-state index contributed by atoms with van der Waals surface area (Å²) in [5.41, 5.74) is 13.1. The second kappa shape index (κ2) is 43.2. The van der Waals surface area contributed by atoms with E-state index < -0.39 is 156 Å². The number of likely N-dealkylation sites (tertiary alicyclic amines) is 1. The number of aromatic nitrogens is 5. The number of carboxylic acids is 3. The third-order valence-corrected chi connectivity index (χ3v) is 20.1. The van der Waals surface area contributed by atoms with Crippen LogP contribution < -0.4 is 59.7 Å². The molecule has 112 heavy (non-hydrogen) atoms. The number of piperidine rings is 1. The number of nitrogens with one attached hydrogen (secondary N) is 10. The molecule has 7 rings (SSSR count). The highest BCUT2D eigenvalue weighted by Crippen LogP contribution is 2.27. The smallest absolute Gasteiger partial charge is 0.329 e. The fourth-order valence-electron chi connectivity index (χ4n) is 13.4. The summed E-state index contributed by atoms with van der Waals surface area (Å²) in [6.45, 7) is 8.00. The van der Waals surface area contributed by atoms with E-state index in [0.717, 1.165) is 0 Å². The molecule has 2 aliphatic heterocycles. The van der Waals surface area contributed by atoms with Gasteiger partial charge < -0.3 is 84.2 Å². The molecule has 3 aromatic heterocycles. The fourth-order valence-corrected chi connectivity index (χ4v) is 13.9. The largest absolute Gasteiger partial charge is 0.480 e. The van der Waals surface area contributed by atoms with Gasteiger partial charge in [-0.05, 0) is 86.6 Å². The number of benzene rings is 2. The van der Waals surface area contributed by atoms with E-state index >= 15 is 0 Å². The summed E-state index contributed by atoms with van der Waals surface area (Å²) in [5, 5.41) is 50.6. The van der Waals surface area contributed by atoms with Crippen LogP contribution in [0.5, 0.6) is 0 Å². The normalized spacial score (nSPS) is 16.4. The Morgan fingerprint density at radius 1 is 0.562 bits per heavy atom. The number of amides is 11. The van der Waals surface area contributed by atoms with Crippen molar-refractivity contribution in [3.05, 3.63) is 89.0 Å². The zero-order valence-electron chi connectivity index (χ0n) is 63.9. The van der Waals surface area contributed by atoms with Crippen LogP contribution in [0, 0.1) is 11.8 Å². The van der Waals surface area contributed by atoms with E-state index in [2.05, 4.69) is 57.5 Å². The molecular formula is C73H106N20O18S. The highest BCUT2D eigenvalue weighted by molar-refractivity contribution is 7.98. The van der Waals surface area contributed by atoms with E-state index in [9.17, 15) is 87.2 Å². The van der Waals surface area contributed by atoms with Crippen LogP contribution in [-0.4, -0.2) is 299 Å². The number of carboxylic acid groups (broad SMARTS) is 3. The molecule has 0 spiro atoms. The van der Waals surface area contributed by atoms with Gasteiger partial charge in [0.15, 0.2) is 0 Å². The molecule has 7 atom stereocenters. The van der Waals surface area contributed by atoms with Crippen molar-refractivity contribution in [2.24, 2.45) is 23.3 Å². The quantitative estimate of drug-likeness (QED) is 0.0184. The third-order valence-electron chi connectivity index (χ3n) is 19.4. The average Bonchev–Trinajstić information content (AvgIpc) is 1.61. The van der Waals surface area contributed by atoms with Crippen LogP contribution in [0.3, 0.4) is 0 Å². The number of primary amides is 2.